The average molecular weight is 649 g/mol. The van der Waals surface area contributed by atoms with Crippen molar-refractivity contribution in [3.05, 3.63) is 94.0 Å². The molecule has 1 fully saturated rings. The molecule has 0 saturated carbocycles. The molecule has 0 radical (unpaired) electrons. The fraction of sp³-hybridized carbons (Fsp3) is 0.459. The van der Waals surface area contributed by atoms with Gasteiger partial charge in [-0.05, 0) is 87.5 Å². The van der Waals surface area contributed by atoms with Gasteiger partial charge in [-0.15, -0.1) is 0 Å². The molecule has 1 aliphatic rings. The average Bonchev–Trinajstić information content (AvgIpc) is 3.53. The van der Waals surface area contributed by atoms with Gasteiger partial charge in [0.2, 0.25) is 5.91 Å². The predicted molar refractivity (Wildman–Crippen MR) is 185 cm³/mol. The molecule has 3 aromatic rings. The highest BCUT2D eigenvalue weighted by atomic mass is 35.5. The third kappa shape index (κ3) is 8.03. The van der Waals surface area contributed by atoms with E-state index in [4.69, 9.17) is 16.3 Å². The Morgan fingerprint density at radius 2 is 1.70 bits per heavy atom. The van der Waals surface area contributed by atoms with Crippen LogP contribution in [0, 0.1) is 0 Å². The third-order valence-corrected chi connectivity index (χ3v) is 9.41. The highest BCUT2D eigenvalue weighted by molar-refractivity contribution is 6.33. The van der Waals surface area contributed by atoms with Crippen molar-refractivity contribution in [2.45, 2.75) is 56.9 Å². The summed E-state index contributed by atoms with van der Waals surface area (Å²) in [6.07, 6.45) is 5.34. The molecule has 248 valence electrons. The number of amides is 2. The summed E-state index contributed by atoms with van der Waals surface area (Å²) in [4.78, 5) is 31.1. The predicted octanol–water partition coefficient (Wildman–Crippen LogP) is 5.65. The van der Waals surface area contributed by atoms with Gasteiger partial charge in [-0.2, -0.15) is 0 Å². The van der Waals surface area contributed by atoms with Gasteiger partial charge in [0.05, 0.1) is 12.1 Å². The van der Waals surface area contributed by atoms with Gasteiger partial charge >= 0.3 is 0 Å². The van der Waals surface area contributed by atoms with E-state index in [1.54, 1.807) is 11.0 Å². The second-order valence-corrected chi connectivity index (χ2v) is 12.6. The molecule has 1 saturated heterocycles. The number of hydrogen-bond acceptors (Lipinski definition) is 6. The first-order valence-electron chi connectivity index (χ1n) is 16.4. The number of phenolic OH excluding ortho intramolecular Hbond substituents is 1. The molecule has 1 aliphatic heterocycles. The summed E-state index contributed by atoms with van der Waals surface area (Å²) >= 11 is 6.34. The monoisotopic (exact) mass is 648 g/mol. The number of rotatable bonds is 16. The minimum atomic E-state index is -0.768. The Morgan fingerprint density at radius 3 is 2.28 bits per heavy atom. The summed E-state index contributed by atoms with van der Waals surface area (Å²) in [6, 6.07) is 22.1. The maximum absolute atomic E-state index is 13.8. The van der Waals surface area contributed by atoms with Crippen molar-refractivity contribution in [2.24, 2.45) is 0 Å². The number of methoxy groups -OCH3 is 1. The molecule has 0 spiro atoms. The molecular weight excluding hydrogens is 600 g/mol. The van der Waals surface area contributed by atoms with Crippen LogP contribution < -0.4 is 15.4 Å². The van der Waals surface area contributed by atoms with Gasteiger partial charge in [0.1, 0.15) is 16.7 Å². The zero-order valence-electron chi connectivity index (χ0n) is 27.7. The lowest BCUT2D eigenvalue weighted by atomic mass is 9.71. The number of benzene rings is 3. The smallest absolute Gasteiger partial charge is 0.258 e. The Morgan fingerprint density at radius 1 is 1.04 bits per heavy atom. The van der Waals surface area contributed by atoms with Gasteiger partial charge in [0.25, 0.3) is 5.91 Å². The van der Waals surface area contributed by atoms with Crippen molar-refractivity contribution < 1.29 is 19.4 Å². The molecule has 0 bridgehead atoms. The zero-order chi connectivity index (χ0) is 33.1. The fourth-order valence-electron chi connectivity index (χ4n) is 6.68. The number of unbranched alkanes of at least 4 members (excludes halogenated alkanes) is 1. The van der Waals surface area contributed by atoms with Crippen LogP contribution in [-0.2, 0) is 16.6 Å². The first-order chi connectivity index (χ1) is 22.2. The largest absolute Gasteiger partial charge is 0.507 e. The maximum Gasteiger partial charge on any atom is 0.258 e. The van der Waals surface area contributed by atoms with Crippen LogP contribution in [0.15, 0.2) is 66.7 Å². The molecule has 3 N–H and O–H groups in total. The Hall–Kier alpha value is -3.59. The second-order valence-electron chi connectivity index (χ2n) is 12.2. The number of halogens is 1. The van der Waals surface area contributed by atoms with E-state index in [1.807, 2.05) is 57.4 Å². The number of phenols is 1. The number of nitrogens with one attached hydrogen (secondary N) is 2. The Bertz CT molecular complexity index is 1390. The summed E-state index contributed by atoms with van der Waals surface area (Å²) in [5, 5.41) is 17.7. The molecule has 1 heterocycles. The van der Waals surface area contributed by atoms with Gasteiger partial charge in [0.15, 0.2) is 5.75 Å². The molecular formula is C37H49ClN4O4. The van der Waals surface area contributed by atoms with Crippen LogP contribution in [-0.4, -0.2) is 86.7 Å². The van der Waals surface area contributed by atoms with Gasteiger partial charge in [-0.25, -0.2) is 0 Å². The number of carbonyl (C=O) groups excluding carboxylic acids is 2. The molecule has 3 aromatic carbocycles. The Balaban J connectivity index is 1.28. The highest BCUT2D eigenvalue weighted by Crippen LogP contribution is 2.39. The zero-order valence-corrected chi connectivity index (χ0v) is 28.4. The maximum atomic E-state index is 13.8. The van der Waals surface area contributed by atoms with Crippen molar-refractivity contribution in [3.8, 4) is 11.5 Å². The topological polar surface area (TPSA) is 94.1 Å². The fourth-order valence-corrected chi connectivity index (χ4v) is 6.98. The third-order valence-electron chi connectivity index (χ3n) is 9.13. The van der Waals surface area contributed by atoms with E-state index < -0.39 is 5.41 Å². The first-order valence-corrected chi connectivity index (χ1v) is 16.8. The number of hydrogen-bond donors (Lipinski definition) is 3. The van der Waals surface area contributed by atoms with E-state index in [-0.39, 0.29) is 34.9 Å². The van der Waals surface area contributed by atoms with Crippen molar-refractivity contribution in [1.82, 2.24) is 20.4 Å². The molecule has 46 heavy (non-hydrogen) atoms. The van der Waals surface area contributed by atoms with E-state index in [1.165, 1.54) is 7.11 Å². The minimum absolute atomic E-state index is 0.0760. The van der Waals surface area contributed by atoms with Crippen LogP contribution in [0.5, 0.6) is 11.5 Å². The first kappa shape index (κ1) is 35.3. The lowest BCUT2D eigenvalue weighted by Crippen LogP contribution is -2.46. The molecule has 1 atom stereocenters. The Labute approximate surface area is 279 Å². The minimum Gasteiger partial charge on any atom is -0.507 e. The van der Waals surface area contributed by atoms with Crippen LogP contribution in [0.2, 0.25) is 5.02 Å². The molecule has 4 rings (SSSR count). The second kappa shape index (κ2) is 16.8. The summed E-state index contributed by atoms with van der Waals surface area (Å²) in [5.41, 5.74) is 1.95. The van der Waals surface area contributed by atoms with Crippen LogP contribution in [0.4, 0.5) is 0 Å². The van der Waals surface area contributed by atoms with Crippen molar-refractivity contribution in [1.29, 1.82) is 0 Å². The van der Waals surface area contributed by atoms with Crippen LogP contribution in [0.3, 0.4) is 0 Å². The van der Waals surface area contributed by atoms with E-state index >= 15 is 0 Å². The number of ether oxygens (including phenoxy) is 1. The van der Waals surface area contributed by atoms with Gasteiger partial charge < -0.3 is 25.4 Å². The van der Waals surface area contributed by atoms with Crippen LogP contribution in [0.1, 0.15) is 66.1 Å². The molecule has 2 amide bonds. The van der Waals surface area contributed by atoms with Gasteiger partial charge in [-0.3, -0.25) is 14.5 Å². The molecule has 0 aliphatic carbocycles. The number of aromatic hydroxyl groups is 1. The van der Waals surface area contributed by atoms with E-state index in [9.17, 15) is 14.7 Å². The number of aryl methyl sites for hydroxylation is 1. The molecule has 0 unspecified atom stereocenters. The standard InChI is InChI=1S/C37H49ClN4O4/c1-5-27-25-31(38)34(46-4)32(33(27)43)35(44)40-26-30-19-14-24-42(30)23-13-12-21-39-22-20-37(36(45)41(2)3,28-15-8-6-9-16-28)29-17-10-7-11-18-29/h6-11,15-18,25,30,39,43H,5,12-14,19-24,26H2,1-4H3,(H,40,44)/t30-/m0/s1. The summed E-state index contributed by atoms with van der Waals surface area (Å²) in [7, 11) is 5.10. The van der Waals surface area contributed by atoms with Crippen molar-refractivity contribution in [2.75, 3.05) is 53.9 Å². The summed E-state index contributed by atoms with van der Waals surface area (Å²) in [6.45, 7) is 5.92. The van der Waals surface area contributed by atoms with Crippen molar-refractivity contribution >= 4 is 23.4 Å². The SMILES string of the molecule is CCc1cc(Cl)c(OC)c(C(=O)NC[C@@H]2CCCN2CCCCNCCC(C(=O)N(C)C)(c2ccccc2)c2ccccc2)c1O. The number of carbonyl (C=O) groups is 2. The quantitative estimate of drug-likeness (QED) is 0.174. The lowest BCUT2D eigenvalue weighted by Gasteiger charge is -2.36. The van der Waals surface area contributed by atoms with E-state index in [2.05, 4.69) is 39.8 Å². The van der Waals surface area contributed by atoms with Gasteiger partial charge in [0, 0.05) is 26.7 Å². The van der Waals surface area contributed by atoms with Crippen molar-refractivity contribution in [3.63, 3.8) is 0 Å². The van der Waals surface area contributed by atoms with Crippen LogP contribution in [0.25, 0.3) is 0 Å². The highest BCUT2D eigenvalue weighted by Gasteiger charge is 2.42. The van der Waals surface area contributed by atoms with Crippen LogP contribution >= 0.6 is 11.6 Å². The number of likely N-dealkylation sites (tertiary alicyclic amines) is 1. The summed E-state index contributed by atoms with van der Waals surface area (Å²) < 4.78 is 5.36. The molecule has 9 heteroatoms. The number of likely N-dealkylation sites (N-methyl/N-ethyl adjacent to an activating group) is 1. The molecule has 8 nitrogen and oxygen atoms in total. The number of nitrogens with zero attached hydrogens (tertiary/aromatic N) is 2. The normalized spacial score (nSPS) is 15.1. The van der Waals surface area contributed by atoms with E-state index in [0.717, 1.165) is 56.4 Å². The lowest BCUT2D eigenvalue weighted by molar-refractivity contribution is -0.133. The summed E-state index contributed by atoms with van der Waals surface area (Å²) in [5.74, 6) is -0.181. The van der Waals surface area contributed by atoms with E-state index in [0.29, 0.717) is 36.5 Å². The Kier molecular flexibility index (Phi) is 12.9. The van der Waals surface area contributed by atoms with Gasteiger partial charge in [-0.1, -0.05) is 79.2 Å². The molecule has 0 aromatic heterocycles.